The molecule has 3 nitrogen and oxygen atoms in total. The van der Waals surface area contributed by atoms with Crippen LogP contribution >= 0.6 is 15.9 Å². The molecule has 0 saturated carbocycles. The van der Waals surface area contributed by atoms with Crippen LogP contribution in [0.4, 0.5) is 0 Å². The lowest BCUT2D eigenvalue weighted by atomic mass is 10.1. The maximum atomic E-state index is 10.9. The number of aromatic carboxylic acids is 1. The molecule has 104 valence electrons. The van der Waals surface area contributed by atoms with Crippen molar-refractivity contribution in [2.24, 2.45) is 0 Å². The Labute approximate surface area is 129 Å². The maximum Gasteiger partial charge on any atom is 0.335 e. The lowest BCUT2D eigenvalue weighted by Gasteiger charge is -2.11. The Morgan fingerprint density at radius 1 is 0.952 bits per heavy atom. The van der Waals surface area contributed by atoms with E-state index >= 15 is 0 Å². The van der Waals surface area contributed by atoms with Gasteiger partial charge >= 0.3 is 5.97 Å². The van der Waals surface area contributed by atoms with E-state index in [0.717, 1.165) is 16.5 Å². The molecule has 21 heavy (non-hydrogen) atoms. The van der Waals surface area contributed by atoms with Crippen LogP contribution in [0.3, 0.4) is 0 Å². The highest BCUT2D eigenvalue weighted by molar-refractivity contribution is 9.10. The normalized spacial score (nSPS) is 10.5. The lowest BCUT2D eigenvalue weighted by Crippen LogP contribution is -1.96. The number of carbonyl (C=O) groups is 1. The van der Waals surface area contributed by atoms with E-state index in [4.69, 9.17) is 9.84 Å². The van der Waals surface area contributed by atoms with Crippen LogP contribution < -0.4 is 4.74 Å². The Morgan fingerprint density at radius 2 is 1.71 bits per heavy atom. The molecule has 3 aromatic carbocycles. The van der Waals surface area contributed by atoms with Crippen LogP contribution in [-0.2, 0) is 0 Å². The van der Waals surface area contributed by atoms with Crippen molar-refractivity contribution in [3.05, 3.63) is 70.7 Å². The summed E-state index contributed by atoms with van der Waals surface area (Å²) in [5.74, 6) is 0.348. The van der Waals surface area contributed by atoms with Crippen LogP contribution in [0.15, 0.2) is 65.1 Å². The van der Waals surface area contributed by atoms with Crippen molar-refractivity contribution >= 4 is 32.7 Å². The van der Waals surface area contributed by atoms with Crippen molar-refractivity contribution in [1.82, 2.24) is 0 Å². The molecule has 0 amide bonds. The van der Waals surface area contributed by atoms with Gasteiger partial charge in [-0.1, -0.05) is 36.4 Å². The minimum Gasteiger partial charge on any atom is -0.478 e. The summed E-state index contributed by atoms with van der Waals surface area (Å²) in [6, 6.07) is 18.5. The molecule has 3 aromatic rings. The lowest BCUT2D eigenvalue weighted by molar-refractivity contribution is 0.0697. The molecule has 0 radical (unpaired) electrons. The van der Waals surface area contributed by atoms with Crippen LogP contribution in [0.5, 0.6) is 11.5 Å². The quantitative estimate of drug-likeness (QED) is 0.720. The van der Waals surface area contributed by atoms with Crippen LogP contribution in [0.25, 0.3) is 10.8 Å². The van der Waals surface area contributed by atoms with Crippen molar-refractivity contribution in [2.75, 3.05) is 0 Å². The van der Waals surface area contributed by atoms with E-state index in [1.54, 1.807) is 6.07 Å². The van der Waals surface area contributed by atoms with Gasteiger partial charge in [0.2, 0.25) is 0 Å². The number of carboxylic acids is 1. The first kappa shape index (κ1) is 13.6. The minimum atomic E-state index is -0.965. The van der Waals surface area contributed by atoms with Crippen molar-refractivity contribution in [2.45, 2.75) is 0 Å². The van der Waals surface area contributed by atoms with Gasteiger partial charge in [-0.05, 0) is 45.6 Å². The van der Waals surface area contributed by atoms with Gasteiger partial charge in [0.05, 0.1) is 10.0 Å². The molecule has 0 fully saturated rings. The molecular weight excluding hydrogens is 332 g/mol. The van der Waals surface area contributed by atoms with Gasteiger partial charge in [0.15, 0.2) is 0 Å². The van der Waals surface area contributed by atoms with Crippen molar-refractivity contribution in [3.8, 4) is 11.5 Å². The van der Waals surface area contributed by atoms with Gasteiger partial charge in [0.1, 0.15) is 11.5 Å². The third kappa shape index (κ3) is 2.76. The predicted molar refractivity (Wildman–Crippen MR) is 85.1 cm³/mol. The molecule has 3 rings (SSSR count). The molecule has 0 aliphatic carbocycles. The standard InChI is InChI=1S/C17H11BrO3/c18-14-10-12(17(19)20)8-9-16(14)21-15-7-3-5-11-4-1-2-6-13(11)15/h1-10H,(H,19,20). The number of hydrogen-bond donors (Lipinski definition) is 1. The summed E-state index contributed by atoms with van der Waals surface area (Å²) in [5.41, 5.74) is 0.215. The molecule has 0 heterocycles. The first-order valence-electron chi connectivity index (χ1n) is 6.33. The highest BCUT2D eigenvalue weighted by atomic mass is 79.9. The Hall–Kier alpha value is -2.33. The molecule has 0 aromatic heterocycles. The number of carboxylic acid groups (broad SMARTS) is 1. The molecule has 1 N–H and O–H groups in total. The molecule has 0 aliphatic rings. The number of halogens is 1. The molecule has 0 spiro atoms. The van der Waals surface area contributed by atoms with Gasteiger partial charge in [-0.15, -0.1) is 0 Å². The smallest absolute Gasteiger partial charge is 0.335 e. The number of hydrogen-bond acceptors (Lipinski definition) is 2. The van der Waals surface area contributed by atoms with E-state index < -0.39 is 5.97 Å². The first-order chi connectivity index (χ1) is 10.1. The third-order valence-corrected chi connectivity index (χ3v) is 3.77. The summed E-state index contributed by atoms with van der Waals surface area (Å²) in [5, 5.41) is 11.1. The van der Waals surface area contributed by atoms with E-state index in [2.05, 4.69) is 15.9 Å². The van der Waals surface area contributed by atoms with E-state index in [9.17, 15) is 4.79 Å². The maximum absolute atomic E-state index is 10.9. The van der Waals surface area contributed by atoms with Crippen molar-refractivity contribution in [1.29, 1.82) is 0 Å². The van der Waals surface area contributed by atoms with Gasteiger partial charge in [-0.2, -0.15) is 0 Å². The zero-order valence-corrected chi connectivity index (χ0v) is 12.5. The molecule has 0 unspecified atom stereocenters. The Bertz CT molecular complexity index is 822. The summed E-state index contributed by atoms with van der Waals surface area (Å²) in [6.07, 6.45) is 0. The molecule has 0 aliphatic heterocycles. The SMILES string of the molecule is O=C(O)c1ccc(Oc2cccc3ccccc23)c(Br)c1. The zero-order valence-electron chi connectivity index (χ0n) is 10.9. The van der Waals surface area contributed by atoms with Crippen LogP contribution in [0.2, 0.25) is 0 Å². The molecule has 0 bridgehead atoms. The third-order valence-electron chi connectivity index (χ3n) is 3.15. The topological polar surface area (TPSA) is 46.5 Å². The highest BCUT2D eigenvalue weighted by Crippen LogP contribution is 2.34. The largest absolute Gasteiger partial charge is 0.478 e. The van der Waals surface area contributed by atoms with Gasteiger partial charge in [-0.25, -0.2) is 4.79 Å². The van der Waals surface area contributed by atoms with Gasteiger partial charge in [-0.3, -0.25) is 0 Å². The zero-order chi connectivity index (χ0) is 14.8. The first-order valence-corrected chi connectivity index (χ1v) is 7.13. The fourth-order valence-electron chi connectivity index (χ4n) is 2.12. The van der Waals surface area contributed by atoms with E-state index in [1.165, 1.54) is 12.1 Å². The molecule has 0 saturated heterocycles. The minimum absolute atomic E-state index is 0.215. The Balaban J connectivity index is 2.01. The van der Waals surface area contributed by atoms with Gasteiger partial charge < -0.3 is 9.84 Å². The Morgan fingerprint density at radius 3 is 2.48 bits per heavy atom. The van der Waals surface area contributed by atoms with Crippen molar-refractivity contribution < 1.29 is 14.6 Å². The fraction of sp³-hybridized carbons (Fsp3) is 0. The summed E-state index contributed by atoms with van der Waals surface area (Å²) in [6.45, 7) is 0. The van der Waals surface area contributed by atoms with Gasteiger partial charge in [0, 0.05) is 5.39 Å². The molecular formula is C17H11BrO3. The van der Waals surface area contributed by atoms with Crippen LogP contribution in [0.1, 0.15) is 10.4 Å². The molecule has 4 heteroatoms. The predicted octanol–water partition coefficient (Wildman–Crippen LogP) is 5.09. The number of rotatable bonds is 3. The van der Waals surface area contributed by atoms with Crippen molar-refractivity contribution in [3.63, 3.8) is 0 Å². The van der Waals surface area contributed by atoms with Gasteiger partial charge in [0.25, 0.3) is 0 Å². The average molecular weight is 343 g/mol. The summed E-state index contributed by atoms with van der Waals surface area (Å²) in [4.78, 5) is 10.9. The number of fused-ring (bicyclic) bond motifs is 1. The second kappa shape index (κ2) is 5.58. The van der Waals surface area contributed by atoms with Crippen LogP contribution in [0, 0.1) is 0 Å². The fourth-order valence-corrected chi connectivity index (χ4v) is 2.58. The highest BCUT2D eigenvalue weighted by Gasteiger charge is 2.09. The summed E-state index contributed by atoms with van der Waals surface area (Å²) < 4.78 is 6.52. The monoisotopic (exact) mass is 342 g/mol. The van der Waals surface area contributed by atoms with Crippen LogP contribution in [-0.4, -0.2) is 11.1 Å². The summed E-state index contributed by atoms with van der Waals surface area (Å²) in [7, 11) is 0. The van der Waals surface area contributed by atoms with E-state index in [0.29, 0.717) is 10.2 Å². The number of ether oxygens (including phenoxy) is 1. The summed E-state index contributed by atoms with van der Waals surface area (Å²) >= 11 is 3.35. The van der Waals surface area contributed by atoms with E-state index in [-0.39, 0.29) is 5.56 Å². The van der Waals surface area contributed by atoms with E-state index in [1.807, 2.05) is 42.5 Å². The average Bonchev–Trinajstić information content (AvgIpc) is 2.49. The Kier molecular flexibility index (Phi) is 3.62. The second-order valence-electron chi connectivity index (χ2n) is 4.53. The number of benzene rings is 3. The molecule has 0 atom stereocenters. The second-order valence-corrected chi connectivity index (χ2v) is 5.38.